The van der Waals surface area contributed by atoms with Gasteiger partial charge in [0.2, 0.25) is 0 Å². The Bertz CT molecular complexity index is 790. The Morgan fingerprint density at radius 1 is 0.708 bits per heavy atom. The van der Waals surface area contributed by atoms with Gasteiger partial charge in [-0.25, -0.2) is 0 Å². The zero-order chi connectivity index (χ0) is 16.2. The minimum atomic E-state index is 0.949. The second-order valence-corrected chi connectivity index (χ2v) is 6.37. The lowest BCUT2D eigenvalue weighted by Gasteiger charge is -2.34. The first-order valence-electron chi connectivity index (χ1n) is 8.56. The van der Waals surface area contributed by atoms with E-state index in [9.17, 15) is 0 Å². The summed E-state index contributed by atoms with van der Waals surface area (Å²) in [7, 11) is 0. The average Bonchev–Trinajstić information content (AvgIpc) is 2.65. The molecular weight excluding hydrogens is 296 g/mol. The van der Waals surface area contributed by atoms with E-state index in [0.717, 1.165) is 50.5 Å². The number of fused-ring (bicyclic) bond motifs is 1. The molecule has 0 unspecified atom stereocenters. The maximum absolute atomic E-state index is 4.57. The normalized spacial score (nSPS) is 16.5. The number of nitrogens with zero attached hydrogens (tertiary/aromatic N) is 4. The predicted octanol–water partition coefficient (Wildman–Crippen LogP) is 2.95. The molecule has 0 amide bonds. The van der Waals surface area contributed by atoms with Crippen molar-refractivity contribution in [1.29, 1.82) is 0 Å². The molecule has 24 heavy (non-hydrogen) atoms. The lowest BCUT2D eigenvalue weighted by atomic mass is 10.1. The van der Waals surface area contributed by atoms with Crippen molar-refractivity contribution in [2.24, 2.45) is 0 Å². The van der Waals surface area contributed by atoms with E-state index < -0.39 is 0 Å². The second-order valence-electron chi connectivity index (χ2n) is 6.37. The van der Waals surface area contributed by atoms with E-state index in [1.165, 1.54) is 10.9 Å². The molecule has 0 atom stereocenters. The standard InChI is InChI=1S/C20H22N4/c1-2-9-21-19(8-1)16-24-13-11-23(12-14-24)15-18-6-3-5-17-7-4-10-22-20(17)18/h1-10H,11-16H2. The molecule has 0 spiro atoms. The van der Waals surface area contributed by atoms with Crippen LogP contribution in [0.5, 0.6) is 0 Å². The zero-order valence-corrected chi connectivity index (χ0v) is 13.8. The Kier molecular flexibility index (Phi) is 4.49. The Labute approximate surface area is 142 Å². The van der Waals surface area contributed by atoms with E-state index in [1.54, 1.807) is 0 Å². The molecule has 0 N–H and O–H groups in total. The molecule has 0 aliphatic carbocycles. The Hall–Kier alpha value is -2.30. The molecule has 2 aromatic heterocycles. The summed E-state index contributed by atoms with van der Waals surface area (Å²) < 4.78 is 0. The first kappa shape index (κ1) is 15.2. The molecule has 1 saturated heterocycles. The summed E-state index contributed by atoms with van der Waals surface area (Å²) in [5.74, 6) is 0. The fourth-order valence-corrected chi connectivity index (χ4v) is 3.36. The molecule has 4 nitrogen and oxygen atoms in total. The van der Waals surface area contributed by atoms with E-state index in [-0.39, 0.29) is 0 Å². The quantitative estimate of drug-likeness (QED) is 0.740. The van der Waals surface area contributed by atoms with Crippen LogP contribution in [-0.2, 0) is 13.1 Å². The molecule has 3 aromatic rings. The molecule has 1 fully saturated rings. The van der Waals surface area contributed by atoms with Crippen LogP contribution in [0.1, 0.15) is 11.3 Å². The predicted molar refractivity (Wildman–Crippen MR) is 96.5 cm³/mol. The number of pyridine rings is 2. The van der Waals surface area contributed by atoms with Gasteiger partial charge in [-0.1, -0.05) is 30.3 Å². The third kappa shape index (κ3) is 3.45. The maximum Gasteiger partial charge on any atom is 0.0746 e. The van der Waals surface area contributed by atoms with Crippen LogP contribution in [0, 0.1) is 0 Å². The van der Waals surface area contributed by atoms with Crippen molar-refractivity contribution in [2.45, 2.75) is 13.1 Å². The zero-order valence-electron chi connectivity index (χ0n) is 13.8. The third-order valence-corrected chi connectivity index (χ3v) is 4.69. The van der Waals surface area contributed by atoms with Gasteiger partial charge in [0, 0.05) is 57.0 Å². The summed E-state index contributed by atoms with van der Waals surface area (Å²) >= 11 is 0. The van der Waals surface area contributed by atoms with E-state index in [4.69, 9.17) is 0 Å². The number of rotatable bonds is 4. The molecule has 122 valence electrons. The van der Waals surface area contributed by atoms with Gasteiger partial charge >= 0.3 is 0 Å². The first-order valence-corrected chi connectivity index (χ1v) is 8.56. The molecule has 1 aliphatic rings. The van der Waals surface area contributed by atoms with Gasteiger partial charge in [0.1, 0.15) is 0 Å². The first-order chi connectivity index (χ1) is 11.9. The van der Waals surface area contributed by atoms with Gasteiger partial charge in [-0.3, -0.25) is 19.8 Å². The van der Waals surface area contributed by atoms with Crippen molar-refractivity contribution < 1.29 is 0 Å². The van der Waals surface area contributed by atoms with Gasteiger partial charge in [-0.05, 0) is 23.8 Å². The van der Waals surface area contributed by atoms with Crippen LogP contribution in [0.15, 0.2) is 60.9 Å². The van der Waals surface area contributed by atoms with Gasteiger partial charge < -0.3 is 0 Å². The molecule has 3 heterocycles. The van der Waals surface area contributed by atoms with Crippen LogP contribution in [-0.4, -0.2) is 45.9 Å². The van der Waals surface area contributed by atoms with E-state index >= 15 is 0 Å². The van der Waals surface area contributed by atoms with Gasteiger partial charge in [-0.2, -0.15) is 0 Å². The fraction of sp³-hybridized carbons (Fsp3) is 0.300. The van der Waals surface area contributed by atoms with Gasteiger partial charge in [0.25, 0.3) is 0 Å². The van der Waals surface area contributed by atoms with Crippen molar-refractivity contribution in [2.75, 3.05) is 26.2 Å². The minimum absolute atomic E-state index is 0.949. The van der Waals surface area contributed by atoms with E-state index in [1.807, 2.05) is 24.5 Å². The molecule has 0 bridgehead atoms. The Morgan fingerprint density at radius 3 is 2.25 bits per heavy atom. The fourth-order valence-electron chi connectivity index (χ4n) is 3.36. The van der Waals surface area contributed by atoms with Gasteiger partial charge in [0.05, 0.1) is 11.2 Å². The largest absolute Gasteiger partial charge is 0.296 e. The maximum atomic E-state index is 4.57. The lowest BCUT2D eigenvalue weighted by Crippen LogP contribution is -2.45. The lowest BCUT2D eigenvalue weighted by molar-refractivity contribution is 0.121. The van der Waals surface area contributed by atoms with Crippen LogP contribution >= 0.6 is 0 Å². The van der Waals surface area contributed by atoms with Crippen LogP contribution < -0.4 is 0 Å². The molecule has 0 saturated carbocycles. The SMILES string of the molecule is c1ccc(CN2CCN(Cc3cccc4cccnc34)CC2)nc1. The van der Waals surface area contributed by atoms with Crippen LogP contribution in [0.25, 0.3) is 10.9 Å². The summed E-state index contributed by atoms with van der Waals surface area (Å²) in [5.41, 5.74) is 3.62. The van der Waals surface area contributed by atoms with Gasteiger partial charge in [-0.15, -0.1) is 0 Å². The summed E-state index contributed by atoms with van der Waals surface area (Å²) in [6.07, 6.45) is 3.76. The number of hydrogen-bond donors (Lipinski definition) is 0. The highest BCUT2D eigenvalue weighted by Gasteiger charge is 2.18. The summed E-state index contributed by atoms with van der Waals surface area (Å²) in [6.45, 7) is 6.30. The number of benzene rings is 1. The van der Waals surface area contributed by atoms with Crippen LogP contribution in [0.3, 0.4) is 0 Å². The molecular formula is C20H22N4. The number of aromatic nitrogens is 2. The van der Waals surface area contributed by atoms with Crippen molar-refractivity contribution in [3.63, 3.8) is 0 Å². The number of piperazine rings is 1. The van der Waals surface area contributed by atoms with Crippen LogP contribution in [0.2, 0.25) is 0 Å². The summed E-state index contributed by atoms with van der Waals surface area (Å²) in [6, 6.07) is 16.8. The smallest absolute Gasteiger partial charge is 0.0746 e. The monoisotopic (exact) mass is 318 g/mol. The molecule has 4 rings (SSSR count). The Morgan fingerprint density at radius 2 is 1.46 bits per heavy atom. The minimum Gasteiger partial charge on any atom is -0.296 e. The molecule has 1 aromatic carbocycles. The number of hydrogen-bond acceptors (Lipinski definition) is 4. The highest BCUT2D eigenvalue weighted by molar-refractivity contribution is 5.81. The van der Waals surface area contributed by atoms with Gasteiger partial charge in [0.15, 0.2) is 0 Å². The molecule has 4 heteroatoms. The number of para-hydroxylation sites is 1. The summed E-state index contributed by atoms with van der Waals surface area (Å²) in [5, 5.41) is 1.23. The topological polar surface area (TPSA) is 32.3 Å². The second kappa shape index (κ2) is 7.07. The van der Waals surface area contributed by atoms with E-state index in [0.29, 0.717) is 0 Å². The van der Waals surface area contributed by atoms with Crippen molar-refractivity contribution >= 4 is 10.9 Å². The van der Waals surface area contributed by atoms with Crippen molar-refractivity contribution in [1.82, 2.24) is 19.8 Å². The third-order valence-electron chi connectivity index (χ3n) is 4.69. The average molecular weight is 318 g/mol. The van der Waals surface area contributed by atoms with Crippen LogP contribution in [0.4, 0.5) is 0 Å². The summed E-state index contributed by atoms with van der Waals surface area (Å²) in [4.78, 5) is 14.0. The van der Waals surface area contributed by atoms with Crippen molar-refractivity contribution in [3.05, 3.63) is 72.2 Å². The van der Waals surface area contributed by atoms with E-state index in [2.05, 4.69) is 56.2 Å². The Balaban J connectivity index is 1.38. The molecule has 0 radical (unpaired) electrons. The highest BCUT2D eigenvalue weighted by atomic mass is 15.3. The molecule has 1 aliphatic heterocycles. The van der Waals surface area contributed by atoms with Crippen molar-refractivity contribution in [3.8, 4) is 0 Å². The highest BCUT2D eigenvalue weighted by Crippen LogP contribution is 2.18.